The number of hydrogen-bond donors (Lipinski definition) is 0. The third-order valence-corrected chi connectivity index (χ3v) is 3.67. The van der Waals surface area contributed by atoms with Crippen molar-refractivity contribution in [3.8, 4) is 5.75 Å². The number of halogens is 1. The van der Waals surface area contributed by atoms with Gasteiger partial charge in [0.1, 0.15) is 16.9 Å². The van der Waals surface area contributed by atoms with Gasteiger partial charge < -0.3 is 14.4 Å². The SMILES string of the molecule is CC(C)(C)OC(=O)N1CCn2ncc(OC(=O)c3cccnc3F)c2C1. The van der Waals surface area contributed by atoms with Crippen LogP contribution in [0.5, 0.6) is 5.75 Å². The molecule has 0 saturated carbocycles. The van der Waals surface area contributed by atoms with E-state index in [9.17, 15) is 14.0 Å². The maximum absolute atomic E-state index is 13.6. The molecule has 2 aromatic rings. The lowest BCUT2D eigenvalue weighted by Gasteiger charge is -2.30. The Kier molecular flexibility index (Phi) is 4.62. The molecule has 1 aliphatic heterocycles. The summed E-state index contributed by atoms with van der Waals surface area (Å²) < 4.78 is 25.9. The second kappa shape index (κ2) is 6.74. The lowest BCUT2D eigenvalue weighted by atomic mass is 10.2. The van der Waals surface area contributed by atoms with Gasteiger partial charge in [-0.15, -0.1) is 0 Å². The van der Waals surface area contributed by atoms with E-state index < -0.39 is 23.6 Å². The summed E-state index contributed by atoms with van der Waals surface area (Å²) in [7, 11) is 0. The number of carbonyl (C=O) groups is 2. The first-order chi connectivity index (χ1) is 12.2. The van der Waals surface area contributed by atoms with Gasteiger partial charge >= 0.3 is 12.1 Å². The number of ether oxygens (including phenoxy) is 2. The first-order valence-corrected chi connectivity index (χ1v) is 8.10. The Morgan fingerprint density at radius 1 is 1.27 bits per heavy atom. The molecule has 0 spiro atoms. The van der Waals surface area contributed by atoms with E-state index in [4.69, 9.17) is 9.47 Å². The highest BCUT2D eigenvalue weighted by Gasteiger charge is 2.29. The maximum Gasteiger partial charge on any atom is 0.410 e. The highest BCUT2D eigenvalue weighted by molar-refractivity contribution is 5.91. The molecule has 0 aromatic carbocycles. The van der Waals surface area contributed by atoms with Gasteiger partial charge in [0.25, 0.3) is 0 Å². The van der Waals surface area contributed by atoms with Crippen LogP contribution in [0.4, 0.5) is 9.18 Å². The monoisotopic (exact) mass is 362 g/mol. The van der Waals surface area contributed by atoms with Gasteiger partial charge in [0, 0.05) is 12.7 Å². The molecule has 0 fully saturated rings. The van der Waals surface area contributed by atoms with Crippen molar-refractivity contribution in [1.82, 2.24) is 19.7 Å². The Bertz CT molecular complexity index is 844. The molecule has 3 rings (SSSR count). The molecule has 2 aromatic heterocycles. The largest absolute Gasteiger partial charge is 0.444 e. The second-order valence-corrected chi connectivity index (χ2v) is 6.81. The zero-order valence-corrected chi connectivity index (χ0v) is 14.7. The summed E-state index contributed by atoms with van der Waals surface area (Å²) in [5.74, 6) is -1.61. The lowest BCUT2D eigenvalue weighted by molar-refractivity contribution is 0.0193. The summed E-state index contributed by atoms with van der Waals surface area (Å²) >= 11 is 0. The van der Waals surface area contributed by atoms with Crippen LogP contribution in [0.1, 0.15) is 36.8 Å². The number of amides is 1. The Morgan fingerprint density at radius 3 is 2.73 bits per heavy atom. The molecule has 9 heteroatoms. The molecule has 8 nitrogen and oxygen atoms in total. The van der Waals surface area contributed by atoms with Crippen molar-refractivity contribution in [3.63, 3.8) is 0 Å². The summed E-state index contributed by atoms with van der Waals surface area (Å²) in [5.41, 5.74) is -0.339. The number of esters is 1. The van der Waals surface area contributed by atoms with Crippen LogP contribution < -0.4 is 4.74 Å². The van der Waals surface area contributed by atoms with E-state index in [1.54, 1.807) is 25.5 Å². The fraction of sp³-hybridized carbons (Fsp3) is 0.412. The van der Waals surface area contributed by atoms with E-state index in [-0.39, 0.29) is 17.9 Å². The third kappa shape index (κ3) is 3.81. The van der Waals surface area contributed by atoms with Gasteiger partial charge in [-0.05, 0) is 32.9 Å². The minimum absolute atomic E-state index is 0.173. The van der Waals surface area contributed by atoms with Crippen LogP contribution in [0.2, 0.25) is 0 Å². The minimum Gasteiger partial charge on any atom is -0.444 e. The van der Waals surface area contributed by atoms with Gasteiger partial charge in [0.2, 0.25) is 5.95 Å². The standard InChI is InChI=1S/C17H19FN4O4/c1-17(2,3)26-16(24)21-7-8-22-12(10-21)13(9-20-22)25-15(23)11-5-4-6-19-14(11)18/h4-6,9H,7-8,10H2,1-3H3. The van der Waals surface area contributed by atoms with Crippen molar-refractivity contribution in [1.29, 1.82) is 0 Å². The molecule has 3 heterocycles. The van der Waals surface area contributed by atoms with Crippen molar-refractivity contribution in [3.05, 3.63) is 41.7 Å². The van der Waals surface area contributed by atoms with E-state index in [1.165, 1.54) is 29.4 Å². The van der Waals surface area contributed by atoms with Gasteiger partial charge in [-0.2, -0.15) is 9.49 Å². The zero-order chi connectivity index (χ0) is 18.9. The van der Waals surface area contributed by atoms with Crippen molar-refractivity contribution >= 4 is 12.1 Å². The van der Waals surface area contributed by atoms with E-state index in [2.05, 4.69) is 10.1 Å². The molecule has 0 N–H and O–H groups in total. The quantitative estimate of drug-likeness (QED) is 0.602. The highest BCUT2D eigenvalue weighted by atomic mass is 19.1. The molecule has 138 valence electrons. The summed E-state index contributed by atoms with van der Waals surface area (Å²) in [6.07, 6.45) is 2.16. The Balaban J connectivity index is 1.75. The van der Waals surface area contributed by atoms with Gasteiger partial charge in [-0.3, -0.25) is 4.68 Å². The van der Waals surface area contributed by atoms with Gasteiger partial charge in [0.05, 0.1) is 19.3 Å². The van der Waals surface area contributed by atoms with E-state index in [0.29, 0.717) is 18.8 Å². The summed E-state index contributed by atoms with van der Waals surface area (Å²) in [6, 6.07) is 2.73. The van der Waals surface area contributed by atoms with Crippen molar-refractivity contribution in [2.45, 2.75) is 39.5 Å². The average molecular weight is 362 g/mol. The molecular formula is C17H19FN4O4. The fourth-order valence-corrected chi connectivity index (χ4v) is 2.48. The van der Waals surface area contributed by atoms with Crippen LogP contribution in [0.3, 0.4) is 0 Å². The Hall–Kier alpha value is -2.97. The third-order valence-electron chi connectivity index (χ3n) is 3.67. The number of aromatic nitrogens is 3. The van der Waals surface area contributed by atoms with Gasteiger partial charge in [0.15, 0.2) is 5.75 Å². The molecule has 0 aliphatic carbocycles. The minimum atomic E-state index is -0.908. The molecular weight excluding hydrogens is 343 g/mol. The Morgan fingerprint density at radius 2 is 2.04 bits per heavy atom. The van der Waals surface area contributed by atoms with Crippen molar-refractivity contribution in [2.24, 2.45) is 0 Å². The van der Waals surface area contributed by atoms with Crippen molar-refractivity contribution < 1.29 is 23.5 Å². The predicted molar refractivity (Wildman–Crippen MR) is 88.0 cm³/mol. The van der Waals surface area contributed by atoms with E-state index in [1.807, 2.05) is 0 Å². The summed E-state index contributed by atoms with van der Waals surface area (Å²) in [6.45, 7) is 6.40. The first kappa shape index (κ1) is 17.8. The number of nitrogens with zero attached hydrogens (tertiary/aromatic N) is 4. The highest BCUT2D eigenvalue weighted by Crippen LogP contribution is 2.25. The maximum atomic E-state index is 13.6. The number of hydrogen-bond acceptors (Lipinski definition) is 6. The fourth-order valence-electron chi connectivity index (χ4n) is 2.48. The number of carbonyl (C=O) groups excluding carboxylic acids is 2. The lowest BCUT2D eigenvalue weighted by Crippen LogP contribution is -2.41. The van der Waals surface area contributed by atoms with Crippen LogP contribution in [0, 0.1) is 5.95 Å². The van der Waals surface area contributed by atoms with Crippen LogP contribution in [-0.4, -0.2) is 43.9 Å². The normalized spacial score (nSPS) is 13.9. The van der Waals surface area contributed by atoms with Crippen LogP contribution in [0.15, 0.2) is 24.5 Å². The first-order valence-electron chi connectivity index (χ1n) is 8.10. The Labute approximate surface area is 149 Å². The molecule has 0 saturated heterocycles. The molecule has 26 heavy (non-hydrogen) atoms. The molecule has 0 radical (unpaired) electrons. The van der Waals surface area contributed by atoms with E-state index in [0.717, 1.165) is 0 Å². The zero-order valence-electron chi connectivity index (χ0n) is 14.7. The number of rotatable bonds is 2. The van der Waals surface area contributed by atoms with Crippen molar-refractivity contribution in [2.75, 3.05) is 6.54 Å². The molecule has 1 amide bonds. The summed E-state index contributed by atoms with van der Waals surface area (Å²) in [4.78, 5) is 29.4. The second-order valence-electron chi connectivity index (χ2n) is 6.81. The van der Waals surface area contributed by atoms with Gasteiger partial charge in [-0.25, -0.2) is 14.6 Å². The van der Waals surface area contributed by atoms with Crippen LogP contribution >= 0.6 is 0 Å². The van der Waals surface area contributed by atoms with Crippen LogP contribution in [0.25, 0.3) is 0 Å². The molecule has 1 aliphatic rings. The molecule has 0 bridgehead atoms. The smallest absolute Gasteiger partial charge is 0.410 e. The predicted octanol–water partition coefficient (Wildman–Crippen LogP) is 2.39. The number of pyridine rings is 1. The van der Waals surface area contributed by atoms with E-state index >= 15 is 0 Å². The van der Waals surface area contributed by atoms with Gasteiger partial charge in [-0.1, -0.05) is 0 Å². The molecule has 0 atom stereocenters. The summed E-state index contributed by atoms with van der Waals surface area (Å²) in [5, 5.41) is 4.15. The van der Waals surface area contributed by atoms with Crippen LogP contribution in [-0.2, 0) is 17.8 Å². The topological polar surface area (TPSA) is 86.5 Å². The number of fused-ring (bicyclic) bond motifs is 1. The average Bonchev–Trinajstić information content (AvgIpc) is 2.96. The molecule has 0 unspecified atom stereocenters.